The van der Waals surface area contributed by atoms with E-state index in [1.54, 1.807) is 12.1 Å². The van der Waals surface area contributed by atoms with Crippen molar-refractivity contribution in [1.82, 2.24) is 9.71 Å². The predicted molar refractivity (Wildman–Crippen MR) is 127 cm³/mol. The van der Waals surface area contributed by atoms with Gasteiger partial charge in [0, 0.05) is 29.9 Å². The number of nitrogens with one attached hydrogen (secondary N) is 1. The summed E-state index contributed by atoms with van der Waals surface area (Å²) in [6.45, 7) is 1.69. The maximum atomic E-state index is 14.0. The second-order valence-corrected chi connectivity index (χ2v) is 8.82. The van der Waals surface area contributed by atoms with E-state index in [-0.39, 0.29) is 39.3 Å². The molecule has 0 amide bonds. The summed E-state index contributed by atoms with van der Waals surface area (Å²) in [5.74, 6) is -1.90. The Kier molecular flexibility index (Phi) is 7.06. The minimum absolute atomic E-state index is 0.00672. The molecule has 7 nitrogen and oxygen atoms in total. The molecule has 0 aliphatic rings. The lowest BCUT2D eigenvalue weighted by molar-refractivity contribution is 0.227. The van der Waals surface area contributed by atoms with Crippen LogP contribution in [0.2, 0.25) is 10.0 Å². The summed E-state index contributed by atoms with van der Waals surface area (Å²) >= 11 is 9.89. The van der Waals surface area contributed by atoms with Gasteiger partial charge in [-0.15, -0.1) is 0 Å². The highest BCUT2D eigenvalue weighted by molar-refractivity contribution is 7.77. The van der Waals surface area contributed by atoms with Gasteiger partial charge in [0.25, 0.3) is 0 Å². The largest absolute Gasteiger partial charge is 0.478 e. The van der Waals surface area contributed by atoms with Gasteiger partial charge in [-0.3, -0.25) is 4.55 Å². The van der Waals surface area contributed by atoms with Crippen LogP contribution in [0.15, 0.2) is 47.2 Å². The second kappa shape index (κ2) is 9.85. The van der Waals surface area contributed by atoms with Crippen LogP contribution in [0.4, 0.5) is 14.6 Å². The van der Waals surface area contributed by atoms with Gasteiger partial charge in [-0.1, -0.05) is 41.4 Å². The van der Waals surface area contributed by atoms with Gasteiger partial charge in [-0.05, 0) is 24.1 Å². The van der Waals surface area contributed by atoms with Crippen LogP contribution in [0.1, 0.15) is 24.2 Å². The highest BCUT2D eigenvalue weighted by atomic mass is 35.5. The first-order chi connectivity index (χ1) is 16.2. The lowest BCUT2D eigenvalue weighted by Gasteiger charge is -2.19. The molecular weight excluding hydrogens is 511 g/mol. The van der Waals surface area contributed by atoms with E-state index < -0.39 is 29.0 Å². The molecule has 2 aromatic heterocycles. The number of ether oxygens (including phenoxy) is 1. The van der Waals surface area contributed by atoms with Gasteiger partial charge in [0.15, 0.2) is 11.4 Å². The molecule has 0 spiro atoms. The molecule has 0 aliphatic heterocycles. The Bertz CT molecular complexity index is 1390. The van der Waals surface area contributed by atoms with Crippen molar-refractivity contribution >= 4 is 51.3 Å². The summed E-state index contributed by atoms with van der Waals surface area (Å²) in [6, 6.07) is 7.83. The number of furan rings is 1. The van der Waals surface area contributed by atoms with E-state index in [4.69, 9.17) is 42.6 Å². The molecule has 2 heterocycles. The zero-order chi connectivity index (χ0) is 24.6. The average Bonchev–Trinajstić information content (AvgIpc) is 3.23. The van der Waals surface area contributed by atoms with Crippen LogP contribution in [-0.4, -0.2) is 13.7 Å². The Labute approximate surface area is 205 Å². The predicted octanol–water partition coefficient (Wildman–Crippen LogP) is 6.03. The molecule has 0 bridgehead atoms. The van der Waals surface area contributed by atoms with Crippen molar-refractivity contribution in [2.75, 3.05) is 5.73 Å². The lowest BCUT2D eigenvalue weighted by atomic mass is 10.0. The molecular formula is C22H17Cl2F2N3O4S. The third-order valence-electron chi connectivity index (χ3n) is 5.09. The first-order valence-corrected chi connectivity index (χ1v) is 11.6. The average molecular weight is 528 g/mol. The summed E-state index contributed by atoms with van der Waals surface area (Å²) in [7, 11) is 0. The second-order valence-electron chi connectivity index (χ2n) is 7.28. The van der Waals surface area contributed by atoms with E-state index in [1.807, 2.05) is 12.1 Å². The van der Waals surface area contributed by atoms with Crippen molar-refractivity contribution in [3.05, 3.63) is 75.6 Å². The van der Waals surface area contributed by atoms with E-state index >= 15 is 0 Å². The molecule has 4 rings (SSSR count). The van der Waals surface area contributed by atoms with Gasteiger partial charge < -0.3 is 14.9 Å². The van der Waals surface area contributed by atoms with Crippen LogP contribution >= 0.6 is 23.2 Å². The molecule has 2 atom stereocenters. The minimum atomic E-state index is -2.14. The third-order valence-corrected chi connectivity index (χ3v) is 6.25. The highest BCUT2D eigenvalue weighted by Crippen LogP contribution is 2.42. The fourth-order valence-corrected chi connectivity index (χ4v) is 4.44. The zero-order valence-electron chi connectivity index (χ0n) is 17.4. The van der Waals surface area contributed by atoms with Crippen LogP contribution in [-0.2, 0) is 17.8 Å². The van der Waals surface area contributed by atoms with E-state index in [1.165, 1.54) is 19.4 Å². The Morgan fingerprint density at radius 2 is 1.97 bits per heavy atom. The zero-order valence-corrected chi connectivity index (χ0v) is 19.8. The number of hydrogen-bond acceptors (Lipinski definition) is 5. The minimum Gasteiger partial charge on any atom is -0.478 e. The summed E-state index contributed by atoms with van der Waals surface area (Å²) in [4.78, 5) is 4.17. The lowest BCUT2D eigenvalue weighted by Crippen LogP contribution is -2.15. The first kappa shape index (κ1) is 24.4. The number of nitrogens with zero attached hydrogens (tertiary/aromatic N) is 1. The van der Waals surface area contributed by atoms with Crippen molar-refractivity contribution in [3.8, 4) is 16.9 Å². The molecule has 34 heavy (non-hydrogen) atoms. The van der Waals surface area contributed by atoms with Crippen LogP contribution in [0.25, 0.3) is 22.1 Å². The molecule has 4 aromatic rings. The van der Waals surface area contributed by atoms with Gasteiger partial charge >= 0.3 is 0 Å². The molecule has 12 heteroatoms. The third kappa shape index (κ3) is 4.73. The SMILES string of the molecule is C[C@@H](Oc1c(N)ncc2c(-c3cccc(CNS(=O)O)c3)coc12)c1c(Cl)c(F)cc(F)c1Cl. The maximum absolute atomic E-state index is 14.0. The number of benzene rings is 2. The van der Waals surface area contributed by atoms with Crippen LogP contribution in [0.5, 0.6) is 5.75 Å². The quantitative estimate of drug-likeness (QED) is 0.200. The van der Waals surface area contributed by atoms with E-state index in [2.05, 4.69) is 9.71 Å². The molecule has 178 valence electrons. The van der Waals surface area contributed by atoms with Crippen LogP contribution in [0, 0.1) is 11.6 Å². The summed E-state index contributed by atoms with van der Waals surface area (Å²) in [6.07, 6.45) is 2.00. The van der Waals surface area contributed by atoms with Gasteiger partial charge in [-0.25, -0.2) is 22.7 Å². The van der Waals surface area contributed by atoms with Gasteiger partial charge in [0.2, 0.25) is 17.0 Å². The molecule has 0 saturated carbocycles. The van der Waals surface area contributed by atoms with E-state index in [9.17, 15) is 13.0 Å². The molecule has 0 saturated heterocycles. The Morgan fingerprint density at radius 1 is 1.26 bits per heavy atom. The fraction of sp³-hybridized carbons (Fsp3) is 0.136. The molecule has 4 N–H and O–H groups in total. The van der Waals surface area contributed by atoms with Gasteiger partial charge in [0.1, 0.15) is 17.7 Å². The molecule has 0 aliphatic carbocycles. The van der Waals surface area contributed by atoms with Crippen LogP contribution < -0.4 is 15.2 Å². The number of aromatic nitrogens is 1. The van der Waals surface area contributed by atoms with Gasteiger partial charge in [-0.2, -0.15) is 0 Å². The summed E-state index contributed by atoms with van der Waals surface area (Å²) in [5.41, 5.74) is 8.39. The maximum Gasteiger partial charge on any atom is 0.232 e. The number of rotatable bonds is 7. The van der Waals surface area contributed by atoms with E-state index in [0.717, 1.165) is 11.1 Å². The molecule has 0 radical (unpaired) electrons. The summed E-state index contributed by atoms with van der Waals surface area (Å²) in [5, 5.41) is -0.172. The number of hydrogen-bond donors (Lipinski definition) is 3. The van der Waals surface area contributed by atoms with Crippen LogP contribution in [0.3, 0.4) is 0 Å². The first-order valence-electron chi connectivity index (χ1n) is 9.76. The Morgan fingerprint density at radius 3 is 2.65 bits per heavy atom. The number of pyridine rings is 1. The Hall–Kier alpha value is -2.76. The van der Waals surface area contributed by atoms with Crippen molar-refractivity contribution in [2.45, 2.75) is 19.6 Å². The fourth-order valence-electron chi connectivity index (χ4n) is 3.50. The number of fused-ring (bicyclic) bond motifs is 1. The monoisotopic (exact) mass is 527 g/mol. The van der Waals surface area contributed by atoms with Crippen molar-refractivity contribution in [2.24, 2.45) is 0 Å². The molecule has 2 aromatic carbocycles. The number of anilines is 1. The summed E-state index contributed by atoms with van der Waals surface area (Å²) < 4.78 is 61.9. The Balaban J connectivity index is 1.73. The molecule has 0 fully saturated rings. The van der Waals surface area contributed by atoms with Crippen molar-refractivity contribution in [3.63, 3.8) is 0 Å². The smallest absolute Gasteiger partial charge is 0.232 e. The van der Waals surface area contributed by atoms with Crippen molar-refractivity contribution < 1.29 is 26.7 Å². The number of halogens is 4. The molecule has 1 unspecified atom stereocenters. The van der Waals surface area contributed by atoms with Gasteiger partial charge in [0.05, 0.1) is 21.7 Å². The highest BCUT2D eigenvalue weighted by Gasteiger charge is 2.25. The normalized spacial score (nSPS) is 13.2. The van der Waals surface area contributed by atoms with Crippen molar-refractivity contribution in [1.29, 1.82) is 0 Å². The number of nitrogen functional groups attached to an aromatic ring is 1. The topological polar surface area (TPSA) is 111 Å². The van der Waals surface area contributed by atoms with E-state index in [0.29, 0.717) is 17.0 Å². The standard InChI is InChI=1S/C22H17Cl2F2N3O4S/c1-10(17-18(23)15(25)6-16(26)19(17)24)33-21-20-13(8-28-22(21)27)14(9-32-20)12-4-2-3-11(5-12)7-29-34(30)31/h2-6,8-10,29H,7H2,1H3,(H2,27,28)(H,30,31)/t10-/m1/s1. The number of nitrogens with two attached hydrogens (primary N) is 1.